The Morgan fingerprint density at radius 3 is 2.25 bits per heavy atom. The molecule has 7 heteroatoms. The number of carbonyl (C=O) groups excluding carboxylic acids is 1. The average molecular weight is 348 g/mol. The number of ether oxygens (including phenoxy) is 1. The van der Waals surface area contributed by atoms with E-state index < -0.39 is 15.9 Å². The number of anilines is 1. The summed E-state index contributed by atoms with van der Waals surface area (Å²) in [5.41, 5.74) is 5.81. The van der Waals surface area contributed by atoms with Crippen LogP contribution in [0.2, 0.25) is 0 Å². The normalized spacial score (nSPS) is 11.0. The van der Waals surface area contributed by atoms with Crippen LogP contribution in [0.5, 0.6) is 5.75 Å². The van der Waals surface area contributed by atoms with Crippen LogP contribution in [-0.4, -0.2) is 20.9 Å². The molecule has 0 atom stereocenters. The van der Waals surface area contributed by atoms with Crippen LogP contribution in [0.1, 0.15) is 30.1 Å². The Morgan fingerprint density at radius 2 is 1.71 bits per heavy atom. The van der Waals surface area contributed by atoms with Crippen molar-refractivity contribution in [2.24, 2.45) is 5.73 Å². The van der Waals surface area contributed by atoms with Gasteiger partial charge in [0, 0.05) is 11.3 Å². The third-order valence-electron chi connectivity index (χ3n) is 3.32. The fourth-order valence-corrected chi connectivity index (χ4v) is 3.02. The smallest absolute Gasteiger partial charge is 0.261 e. The first kappa shape index (κ1) is 17.8. The maximum atomic E-state index is 12.3. The van der Waals surface area contributed by atoms with Crippen LogP contribution in [0.4, 0.5) is 5.69 Å². The SMILES string of the molecule is CCCCOc1ccc(S(=O)(=O)Nc2ccc(C(N)=O)cc2)cc1. The highest BCUT2D eigenvalue weighted by atomic mass is 32.2. The molecule has 2 aromatic carbocycles. The lowest BCUT2D eigenvalue weighted by Crippen LogP contribution is -2.14. The highest BCUT2D eigenvalue weighted by Crippen LogP contribution is 2.20. The number of carbonyl (C=O) groups is 1. The topological polar surface area (TPSA) is 98.5 Å². The maximum Gasteiger partial charge on any atom is 0.261 e. The Balaban J connectivity index is 2.08. The van der Waals surface area contributed by atoms with Crippen LogP contribution in [0, 0.1) is 0 Å². The first-order valence-corrected chi connectivity index (χ1v) is 9.06. The lowest BCUT2D eigenvalue weighted by molar-refractivity contribution is 0.100. The van der Waals surface area contributed by atoms with Crippen molar-refractivity contribution < 1.29 is 17.9 Å². The van der Waals surface area contributed by atoms with E-state index in [0.717, 1.165) is 12.8 Å². The molecule has 24 heavy (non-hydrogen) atoms. The van der Waals surface area contributed by atoms with Gasteiger partial charge < -0.3 is 10.5 Å². The molecule has 2 rings (SSSR count). The van der Waals surface area contributed by atoms with E-state index in [2.05, 4.69) is 11.6 Å². The Labute approximate surface area is 141 Å². The molecule has 0 aliphatic carbocycles. The third-order valence-corrected chi connectivity index (χ3v) is 4.72. The second-order valence-electron chi connectivity index (χ2n) is 5.22. The van der Waals surface area contributed by atoms with E-state index in [1.54, 1.807) is 12.1 Å². The summed E-state index contributed by atoms with van der Waals surface area (Å²) in [6.07, 6.45) is 1.98. The van der Waals surface area contributed by atoms with Crippen LogP contribution in [0.3, 0.4) is 0 Å². The van der Waals surface area contributed by atoms with Gasteiger partial charge in [0.15, 0.2) is 0 Å². The number of primary amides is 1. The van der Waals surface area contributed by atoms with E-state index in [0.29, 0.717) is 23.6 Å². The molecule has 0 radical (unpaired) electrons. The zero-order chi connectivity index (χ0) is 17.6. The van der Waals surface area contributed by atoms with Crippen molar-refractivity contribution in [1.29, 1.82) is 0 Å². The Morgan fingerprint density at radius 1 is 1.08 bits per heavy atom. The molecule has 128 valence electrons. The summed E-state index contributed by atoms with van der Waals surface area (Å²) in [5, 5.41) is 0. The van der Waals surface area contributed by atoms with E-state index in [9.17, 15) is 13.2 Å². The van der Waals surface area contributed by atoms with Crippen LogP contribution in [0.15, 0.2) is 53.4 Å². The van der Waals surface area contributed by atoms with Crippen LogP contribution in [-0.2, 0) is 10.0 Å². The van der Waals surface area contributed by atoms with Gasteiger partial charge in [-0.05, 0) is 55.0 Å². The standard InChI is InChI=1S/C17H20N2O4S/c1-2-3-12-23-15-8-10-16(11-9-15)24(21,22)19-14-6-4-13(5-7-14)17(18)20/h4-11,19H,2-3,12H2,1H3,(H2,18,20). The minimum absolute atomic E-state index is 0.129. The lowest BCUT2D eigenvalue weighted by atomic mass is 10.2. The number of benzene rings is 2. The van der Waals surface area contributed by atoms with Gasteiger partial charge in [-0.25, -0.2) is 8.42 Å². The summed E-state index contributed by atoms with van der Waals surface area (Å²) >= 11 is 0. The molecule has 2 aromatic rings. The van der Waals surface area contributed by atoms with Gasteiger partial charge in [0.2, 0.25) is 5.91 Å². The van der Waals surface area contributed by atoms with E-state index in [1.807, 2.05) is 0 Å². The van der Waals surface area contributed by atoms with Crippen molar-refractivity contribution >= 4 is 21.6 Å². The number of rotatable bonds is 8. The second kappa shape index (κ2) is 7.83. The number of amides is 1. The predicted molar refractivity (Wildman–Crippen MR) is 92.6 cm³/mol. The average Bonchev–Trinajstić information content (AvgIpc) is 2.56. The molecule has 0 saturated heterocycles. The first-order valence-electron chi connectivity index (χ1n) is 7.58. The summed E-state index contributed by atoms with van der Waals surface area (Å²) in [6.45, 7) is 2.67. The molecule has 0 heterocycles. The summed E-state index contributed by atoms with van der Waals surface area (Å²) in [7, 11) is -3.71. The van der Waals surface area contributed by atoms with Gasteiger partial charge >= 0.3 is 0 Å². The zero-order valence-electron chi connectivity index (χ0n) is 13.4. The van der Waals surface area contributed by atoms with Gasteiger partial charge in [0.05, 0.1) is 11.5 Å². The number of sulfonamides is 1. The number of hydrogen-bond acceptors (Lipinski definition) is 4. The van der Waals surface area contributed by atoms with E-state index in [-0.39, 0.29) is 4.90 Å². The highest BCUT2D eigenvalue weighted by molar-refractivity contribution is 7.92. The van der Waals surface area contributed by atoms with Gasteiger partial charge in [0.1, 0.15) is 5.75 Å². The van der Waals surface area contributed by atoms with Crippen molar-refractivity contribution in [2.75, 3.05) is 11.3 Å². The van der Waals surface area contributed by atoms with Gasteiger partial charge in [-0.15, -0.1) is 0 Å². The molecule has 0 bridgehead atoms. The van der Waals surface area contributed by atoms with Gasteiger partial charge in [-0.1, -0.05) is 13.3 Å². The molecule has 0 unspecified atom stereocenters. The maximum absolute atomic E-state index is 12.3. The first-order chi connectivity index (χ1) is 11.4. The fraction of sp³-hybridized carbons (Fsp3) is 0.235. The molecule has 0 aliphatic rings. The van der Waals surface area contributed by atoms with E-state index in [4.69, 9.17) is 10.5 Å². The third kappa shape index (κ3) is 4.73. The number of nitrogens with one attached hydrogen (secondary N) is 1. The molecule has 3 N–H and O–H groups in total. The largest absolute Gasteiger partial charge is 0.494 e. The Kier molecular flexibility index (Phi) is 5.81. The van der Waals surface area contributed by atoms with Crippen LogP contribution in [0.25, 0.3) is 0 Å². The molecule has 0 spiro atoms. The minimum atomic E-state index is -3.71. The molecular weight excluding hydrogens is 328 g/mol. The zero-order valence-corrected chi connectivity index (χ0v) is 14.2. The van der Waals surface area contributed by atoms with Crippen molar-refractivity contribution in [3.8, 4) is 5.75 Å². The molecule has 0 fully saturated rings. The molecular formula is C17H20N2O4S. The summed E-state index contributed by atoms with van der Waals surface area (Å²) in [4.78, 5) is 11.1. The minimum Gasteiger partial charge on any atom is -0.494 e. The van der Waals surface area contributed by atoms with Crippen LogP contribution < -0.4 is 15.2 Å². The monoisotopic (exact) mass is 348 g/mol. The number of nitrogens with two attached hydrogens (primary N) is 1. The lowest BCUT2D eigenvalue weighted by Gasteiger charge is -2.10. The number of unbranched alkanes of at least 4 members (excludes halogenated alkanes) is 1. The quantitative estimate of drug-likeness (QED) is 0.717. The Bertz CT molecular complexity index is 784. The van der Waals surface area contributed by atoms with E-state index >= 15 is 0 Å². The molecule has 0 aliphatic heterocycles. The molecule has 0 aromatic heterocycles. The fourth-order valence-electron chi connectivity index (χ4n) is 1.97. The van der Waals surface area contributed by atoms with Crippen molar-refractivity contribution in [3.05, 3.63) is 54.1 Å². The van der Waals surface area contributed by atoms with Crippen molar-refractivity contribution in [3.63, 3.8) is 0 Å². The molecule has 1 amide bonds. The second-order valence-corrected chi connectivity index (χ2v) is 6.90. The highest BCUT2D eigenvalue weighted by Gasteiger charge is 2.14. The number of hydrogen-bond donors (Lipinski definition) is 2. The summed E-state index contributed by atoms with van der Waals surface area (Å²) in [6, 6.07) is 12.1. The van der Waals surface area contributed by atoms with Crippen LogP contribution >= 0.6 is 0 Å². The van der Waals surface area contributed by atoms with E-state index in [1.165, 1.54) is 36.4 Å². The summed E-state index contributed by atoms with van der Waals surface area (Å²) < 4.78 is 32.7. The Hall–Kier alpha value is -2.54. The summed E-state index contributed by atoms with van der Waals surface area (Å²) in [5.74, 6) is 0.0660. The van der Waals surface area contributed by atoms with Gasteiger partial charge in [-0.3, -0.25) is 9.52 Å². The molecule has 0 saturated carbocycles. The van der Waals surface area contributed by atoms with Gasteiger partial charge in [-0.2, -0.15) is 0 Å². The molecule has 6 nitrogen and oxygen atoms in total. The van der Waals surface area contributed by atoms with Gasteiger partial charge in [0.25, 0.3) is 10.0 Å². The predicted octanol–water partition coefficient (Wildman–Crippen LogP) is 2.77. The van der Waals surface area contributed by atoms with Crippen molar-refractivity contribution in [2.45, 2.75) is 24.7 Å². The van der Waals surface area contributed by atoms with Crippen molar-refractivity contribution in [1.82, 2.24) is 0 Å².